The van der Waals surface area contributed by atoms with Gasteiger partial charge in [-0.05, 0) is 85.8 Å². The molecule has 0 spiro atoms. The van der Waals surface area contributed by atoms with Gasteiger partial charge in [-0.2, -0.15) is 0 Å². The van der Waals surface area contributed by atoms with Crippen molar-refractivity contribution in [1.29, 1.82) is 0 Å². The number of aromatic nitrogens is 1. The summed E-state index contributed by atoms with van der Waals surface area (Å²) in [5.41, 5.74) is 15.3. The first-order chi connectivity index (χ1) is 14.1. The molecule has 2 aromatic carbocycles. The molecule has 1 nitrogen and oxygen atoms in total. The van der Waals surface area contributed by atoms with Crippen molar-refractivity contribution in [3.63, 3.8) is 0 Å². The number of rotatable bonds is 1. The van der Waals surface area contributed by atoms with E-state index in [1.54, 1.807) is 0 Å². The second-order valence-electron chi connectivity index (χ2n) is 7.92. The van der Waals surface area contributed by atoms with E-state index in [0.29, 0.717) is 0 Å². The smallest absolute Gasteiger partial charge is 0.0301 e. The molecule has 0 aliphatic rings. The number of nitrogens with zero attached hydrogens (tertiary/aromatic N) is 1. The Balaban J connectivity index is -0.00000122. The van der Waals surface area contributed by atoms with E-state index >= 15 is 0 Å². The summed E-state index contributed by atoms with van der Waals surface area (Å²) in [7, 11) is 0. The molecule has 0 aliphatic carbocycles. The SMILES string of the molecule is Cc1[c-]c(-c2nc(C)c(C)c3c(C)c(C)c(C)c(C)c23)c(C)c(C)c1C.[2H][2H].[2H][2H].[CH3-].[CH3-].[Ir]. The fourth-order valence-electron chi connectivity index (χ4n) is 4.11. The molecule has 1 aromatic heterocycles. The van der Waals surface area contributed by atoms with Crippen LogP contribution < -0.4 is 0 Å². The Kier molecular flexibility index (Phi) is 7.82. The quantitative estimate of drug-likeness (QED) is 0.267. The molecule has 165 valence electrons. The van der Waals surface area contributed by atoms with E-state index in [2.05, 4.69) is 75.3 Å². The van der Waals surface area contributed by atoms with Crippen LogP contribution in [0.1, 0.15) is 61.7 Å². The first-order valence-corrected chi connectivity index (χ1v) is 9.45. The first-order valence-electron chi connectivity index (χ1n) is 11.4. The van der Waals surface area contributed by atoms with Crippen LogP contribution in [0.4, 0.5) is 0 Å². The third-order valence-corrected chi connectivity index (χ3v) is 6.73. The van der Waals surface area contributed by atoms with Crippen molar-refractivity contribution in [2.75, 3.05) is 0 Å². The van der Waals surface area contributed by atoms with Gasteiger partial charge >= 0.3 is 0 Å². The maximum absolute atomic E-state index is 5.09. The van der Waals surface area contributed by atoms with Crippen molar-refractivity contribution in [2.24, 2.45) is 0 Å². The van der Waals surface area contributed by atoms with Gasteiger partial charge in [-0.1, -0.05) is 27.7 Å². The van der Waals surface area contributed by atoms with Gasteiger partial charge in [-0.25, -0.2) is 0 Å². The molecule has 0 saturated heterocycles. The number of hydrogen-bond donors (Lipinski definition) is 0. The van der Waals surface area contributed by atoms with Crippen LogP contribution in [-0.2, 0) is 20.1 Å². The molecule has 0 saturated carbocycles. The zero-order valence-corrected chi connectivity index (χ0v) is 22.7. The van der Waals surface area contributed by atoms with Crippen molar-refractivity contribution < 1.29 is 26.0 Å². The van der Waals surface area contributed by atoms with Crippen LogP contribution in [-0.4, -0.2) is 4.98 Å². The normalized spacial score (nSPS) is 10.8. The summed E-state index contributed by atoms with van der Waals surface area (Å²) in [6, 6.07) is 3.66. The van der Waals surface area contributed by atoms with Crippen LogP contribution in [0.2, 0.25) is 0 Å². The first kappa shape index (κ1) is 23.8. The molecule has 0 aliphatic heterocycles. The van der Waals surface area contributed by atoms with Gasteiger partial charge in [0.1, 0.15) is 0 Å². The Morgan fingerprint density at radius 3 is 1.55 bits per heavy atom. The van der Waals surface area contributed by atoms with Gasteiger partial charge in [0.05, 0.1) is 0 Å². The van der Waals surface area contributed by atoms with Gasteiger partial charge in [-0.15, -0.1) is 33.9 Å². The summed E-state index contributed by atoms with van der Waals surface area (Å²) in [4.78, 5) is 5.09. The molecule has 2 heteroatoms. The Morgan fingerprint density at radius 1 is 0.586 bits per heavy atom. The molecule has 29 heavy (non-hydrogen) atoms. The van der Waals surface area contributed by atoms with Crippen molar-refractivity contribution in [2.45, 2.75) is 69.2 Å². The van der Waals surface area contributed by atoms with Crippen LogP contribution in [0.3, 0.4) is 0 Å². The molecule has 0 atom stereocenters. The van der Waals surface area contributed by atoms with Gasteiger partial charge in [0.2, 0.25) is 0 Å². The maximum atomic E-state index is 5.09. The Hall–Kier alpha value is -1.50. The van der Waals surface area contributed by atoms with Crippen molar-refractivity contribution in [1.82, 2.24) is 4.98 Å². The fraction of sp³-hybridized carbons (Fsp3) is 0.370. The van der Waals surface area contributed by atoms with E-state index in [1.807, 2.05) is 0 Å². The molecular weight excluding hydrogens is 531 g/mol. The molecule has 0 amide bonds. The molecule has 3 aromatic rings. The topological polar surface area (TPSA) is 12.9 Å². The molecule has 1 radical (unpaired) electrons. The fourth-order valence-corrected chi connectivity index (χ4v) is 4.11. The van der Waals surface area contributed by atoms with E-state index in [4.69, 9.17) is 10.9 Å². The summed E-state index contributed by atoms with van der Waals surface area (Å²) in [5, 5.41) is 2.67. The number of pyridine rings is 1. The zero-order valence-electron chi connectivity index (χ0n) is 24.3. The monoisotopic (exact) mass is 575 g/mol. The van der Waals surface area contributed by atoms with E-state index < -0.39 is 0 Å². The van der Waals surface area contributed by atoms with Crippen LogP contribution in [0.15, 0.2) is 0 Å². The molecule has 0 bridgehead atoms. The maximum Gasteiger partial charge on any atom is 0.0301 e. The molecule has 0 unspecified atom stereocenters. The third-order valence-electron chi connectivity index (χ3n) is 6.73. The summed E-state index contributed by atoms with van der Waals surface area (Å²) in [6.45, 7) is 22.1. The minimum Gasteiger partial charge on any atom is -0.358 e. The third kappa shape index (κ3) is 4.07. The van der Waals surface area contributed by atoms with Gasteiger partial charge in [0.15, 0.2) is 0 Å². The summed E-state index contributed by atoms with van der Waals surface area (Å²) in [5.74, 6) is 0. The number of hydrogen-bond acceptors (Lipinski definition) is 1. The van der Waals surface area contributed by atoms with Crippen LogP contribution in [0, 0.1) is 90.2 Å². The molecule has 3 rings (SSSR count). The second-order valence-corrected chi connectivity index (χ2v) is 7.92. The Bertz CT molecular complexity index is 1090. The minimum atomic E-state index is 0. The molecular formula is C27H40IrN-3. The second kappa shape index (κ2) is 9.54. The van der Waals surface area contributed by atoms with E-state index in [9.17, 15) is 0 Å². The van der Waals surface area contributed by atoms with Crippen molar-refractivity contribution >= 4 is 10.8 Å². The Labute approximate surface area is 198 Å². The molecule has 0 fully saturated rings. The zero-order chi connectivity index (χ0) is 23.5. The average molecular weight is 575 g/mol. The molecule has 1 heterocycles. The van der Waals surface area contributed by atoms with Gasteiger partial charge in [0, 0.05) is 31.7 Å². The van der Waals surface area contributed by atoms with E-state index in [-0.39, 0.29) is 35.0 Å². The van der Waals surface area contributed by atoms with Crippen molar-refractivity contribution in [3.8, 4) is 11.3 Å². The van der Waals surface area contributed by atoms with Gasteiger partial charge in [-0.3, -0.25) is 0 Å². The van der Waals surface area contributed by atoms with E-state index in [0.717, 1.165) is 17.0 Å². The van der Waals surface area contributed by atoms with E-state index in [1.165, 1.54) is 60.8 Å². The van der Waals surface area contributed by atoms with Crippen molar-refractivity contribution in [3.05, 3.63) is 76.7 Å². The van der Waals surface area contributed by atoms with Gasteiger partial charge < -0.3 is 19.8 Å². The summed E-state index contributed by atoms with van der Waals surface area (Å²) in [6.07, 6.45) is 0. The minimum absolute atomic E-state index is 0. The summed E-state index contributed by atoms with van der Waals surface area (Å²) < 4.78 is 20.0. The predicted molar refractivity (Wildman–Crippen MR) is 130 cm³/mol. The number of fused-ring (bicyclic) bond motifs is 1. The standard InChI is InChI=1S/C25H30N.2CH3.Ir.2H2/c1-12-11-22(17(6)14(3)13(12)2)25-24-19(8)16(5)15(4)18(7)23(24)20(9)21(10)26-25;;;;;/h1-10H3;2*1H3;;2*1H/q3*-1;;;/i;;;;2*1+1D. The van der Waals surface area contributed by atoms with Crippen LogP contribution in [0.5, 0.6) is 0 Å². The van der Waals surface area contributed by atoms with Crippen LogP contribution in [0.25, 0.3) is 22.0 Å². The number of aryl methyl sites for hydroxylation is 5. The van der Waals surface area contributed by atoms with Gasteiger partial charge in [0.25, 0.3) is 0 Å². The Morgan fingerprint density at radius 2 is 1.03 bits per heavy atom. The predicted octanol–water partition coefficient (Wildman–Crippen LogP) is 8.18. The summed E-state index contributed by atoms with van der Waals surface area (Å²) >= 11 is 0. The molecule has 0 N–H and O–H groups in total. The largest absolute Gasteiger partial charge is 0.358 e. The number of benzene rings is 2. The van der Waals surface area contributed by atoms with Crippen LogP contribution >= 0.6 is 0 Å². The average Bonchev–Trinajstić information content (AvgIpc) is 2.76.